The summed E-state index contributed by atoms with van der Waals surface area (Å²) in [6.07, 6.45) is 5.04. The minimum Gasteiger partial charge on any atom is -0.394 e. The first-order chi connectivity index (χ1) is 7.43. The van der Waals surface area contributed by atoms with E-state index < -0.39 is 0 Å². The number of hydrogen-bond donors (Lipinski definition) is 2. The Hall–Kier alpha value is -0.160. The zero-order chi connectivity index (χ0) is 10.8. The molecule has 0 aromatic heterocycles. The fourth-order valence-corrected chi connectivity index (χ4v) is 1.78. The molecule has 4 nitrogen and oxygen atoms in total. The third-order valence-corrected chi connectivity index (χ3v) is 2.63. The van der Waals surface area contributed by atoms with Gasteiger partial charge in [-0.15, -0.1) is 0 Å². The molecule has 4 heteroatoms. The quantitative estimate of drug-likeness (QED) is 0.583. The Balaban J connectivity index is 1.79. The summed E-state index contributed by atoms with van der Waals surface area (Å²) in [4.78, 5) is 0. The fourth-order valence-electron chi connectivity index (χ4n) is 1.78. The zero-order valence-electron chi connectivity index (χ0n) is 9.41. The van der Waals surface area contributed by atoms with Crippen molar-refractivity contribution in [3.63, 3.8) is 0 Å². The van der Waals surface area contributed by atoms with E-state index in [1.807, 2.05) is 0 Å². The molecule has 0 saturated carbocycles. The van der Waals surface area contributed by atoms with Crippen LogP contribution in [0.25, 0.3) is 0 Å². The van der Waals surface area contributed by atoms with Crippen molar-refractivity contribution in [1.82, 2.24) is 5.32 Å². The van der Waals surface area contributed by atoms with Crippen molar-refractivity contribution in [2.75, 3.05) is 39.6 Å². The van der Waals surface area contributed by atoms with Crippen LogP contribution in [-0.4, -0.2) is 50.7 Å². The highest BCUT2D eigenvalue weighted by Crippen LogP contribution is 2.09. The Morgan fingerprint density at radius 1 is 1.07 bits per heavy atom. The van der Waals surface area contributed by atoms with Gasteiger partial charge in [0.15, 0.2) is 0 Å². The van der Waals surface area contributed by atoms with Crippen LogP contribution in [0, 0.1) is 0 Å². The van der Waals surface area contributed by atoms with Gasteiger partial charge in [0.05, 0.1) is 26.4 Å². The predicted octanol–water partition coefficient (Wildman–Crippen LogP) is 0.544. The van der Waals surface area contributed by atoms with Crippen LogP contribution >= 0.6 is 0 Å². The van der Waals surface area contributed by atoms with E-state index in [1.54, 1.807) is 0 Å². The maximum absolute atomic E-state index is 8.47. The summed E-state index contributed by atoms with van der Waals surface area (Å²) < 4.78 is 10.5. The Morgan fingerprint density at radius 3 is 2.53 bits per heavy atom. The fraction of sp³-hybridized carbons (Fsp3) is 1.00. The molecule has 2 N–H and O–H groups in total. The van der Waals surface area contributed by atoms with Crippen LogP contribution in [0.15, 0.2) is 0 Å². The highest BCUT2D eigenvalue weighted by molar-refractivity contribution is 4.71. The molecule has 15 heavy (non-hydrogen) atoms. The molecule has 1 unspecified atom stereocenters. The highest BCUT2D eigenvalue weighted by Gasteiger charge is 2.11. The number of aliphatic hydroxyl groups is 1. The lowest BCUT2D eigenvalue weighted by atomic mass is 10.0. The summed E-state index contributed by atoms with van der Waals surface area (Å²) in [7, 11) is 0. The molecule has 0 bridgehead atoms. The van der Waals surface area contributed by atoms with E-state index in [0.717, 1.165) is 19.6 Å². The van der Waals surface area contributed by atoms with Crippen molar-refractivity contribution in [1.29, 1.82) is 0 Å². The summed E-state index contributed by atoms with van der Waals surface area (Å²) in [5.74, 6) is 0. The van der Waals surface area contributed by atoms with Gasteiger partial charge < -0.3 is 19.9 Å². The summed E-state index contributed by atoms with van der Waals surface area (Å²) >= 11 is 0. The third kappa shape index (κ3) is 6.84. The number of ether oxygens (including phenoxy) is 2. The Bertz CT molecular complexity index is 138. The molecule has 0 aromatic rings. The van der Waals surface area contributed by atoms with Crippen molar-refractivity contribution < 1.29 is 14.6 Å². The van der Waals surface area contributed by atoms with Gasteiger partial charge in [0.2, 0.25) is 0 Å². The molecule has 1 saturated heterocycles. The number of aliphatic hydroxyl groups excluding tert-OH is 1. The molecule has 1 aliphatic rings. The molecule has 1 fully saturated rings. The molecule has 1 atom stereocenters. The van der Waals surface area contributed by atoms with Crippen molar-refractivity contribution in [2.45, 2.75) is 31.7 Å². The summed E-state index contributed by atoms with van der Waals surface area (Å²) in [5, 5.41) is 12.0. The van der Waals surface area contributed by atoms with Crippen LogP contribution < -0.4 is 5.32 Å². The molecular weight excluding hydrogens is 194 g/mol. The van der Waals surface area contributed by atoms with Crippen LogP contribution in [0.1, 0.15) is 25.7 Å². The highest BCUT2D eigenvalue weighted by atomic mass is 16.5. The second-order valence-electron chi connectivity index (χ2n) is 3.88. The molecule has 0 aliphatic carbocycles. The topological polar surface area (TPSA) is 50.7 Å². The Morgan fingerprint density at radius 2 is 1.87 bits per heavy atom. The zero-order valence-corrected chi connectivity index (χ0v) is 9.41. The van der Waals surface area contributed by atoms with Crippen molar-refractivity contribution in [3.8, 4) is 0 Å². The van der Waals surface area contributed by atoms with Gasteiger partial charge in [0.25, 0.3) is 0 Å². The third-order valence-electron chi connectivity index (χ3n) is 2.63. The number of rotatable bonds is 8. The van der Waals surface area contributed by atoms with Gasteiger partial charge in [-0.25, -0.2) is 0 Å². The number of nitrogens with one attached hydrogen (secondary N) is 1. The molecular formula is C11H23NO3. The maximum atomic E-state index is 8.47. The van der Waals surface area contributed by atoms with E-state index in [9.17, 15) is 0 Å². The van der Waals surface area contributed by atoms with Crippen LogP contribution in [0.2, 0.25) is 0 Å². The average molecular weight is 217 g/mol. The first-order valence-corrected chi connectivity index (χ1v) is 5.93. The van der Waals surface area contributed by atoms with Crippen LogP contribution in [0.5, 0.6) is 0 Å². The molecule has 0 aromatic carbocycles. The molecule has 0 spiro atoms. The van der Waals surface area contributed by atoms with Crippen LogP contribution in [0.4, 0.5) is 0 Å². The minimum atomic E-state index is 0.0893. The second-order valence-corrected chi connectivity index (χ2v) is 3.88. The largest absolute Gasteiger partial charge is 0.394 e. The van der Waals surface area contributed by atoms with Gasteiger partial charge in [0.1, 0.15) is 0 Å². The normalized spacial score (nSPS) is 21.8. The molecule has 1 rings (SSSR count). The first kappa shape index (κ1) is 12.9. The van der Waals surface area contributed by atoms with E-state index >= 15 is 0 Å². The van der Waals surface area contributed by atoms with Gasteiger partial charge >= 0.3 is 0 Å². The lowest BCUT2D eigenvalue weighted by Gasteiger charge is -2.23. The van der Waals surface area contributed by atoms with Gasteiger partial charge in [-0.1, -0.05) is 6.42 Å². The molecule has 90 valence electrons. The number of piperidine rings is 1. The molecule has 0 amide bonds. The van der Waals surface area contributed by atoms with E-state index in [1.165, 1.54) is 19.3 Å². The summed E-state index contributed by atoms with van der Waals surface area (Å²) in [6, 6.07) is 0.650. The van der Waals surface area contributed by atoms with Gasteiger partial charge in [-0.3, -0.25) is 0 Å². The first-order valence-electron chi connectivity index (χ1n) is 5.93. The standard InChI is InChI=1S/C11H23NO3/c13-6-8-15-10-9-14-7-4-11-3-1-2-5-12-11/h11-13H,1-10H2. The van der Waals surface area contributed by atoms with Crippen LogP contribution in [0.3, 0.4) is 0 Å². The van der Waals surface area contributed by atoms with Crippen molar-refractivity contribution in [2.24, 2.45) is 0 Å². The molecule has 1 heterocycles. The van der Waals surface area contributed by atoms with Crippen molar-refractivity contribution >= 4 is 0 Å². The predicted molar refractivity (Wildman–Crippen MR) is 59.0 cm³/mol. The molecule has 0 radical (unpaired) electrons. The Labute approximate surface area is 92.0 Å². The monoisotopic (exact) mass is 217 g/mol. The van der Waals surface area contributed by atoms with Gasteiger partial charge in [-0.2, -0.15) is 0 Å². The summed E-state index contributed by atoms with van der Waals surface area (Å²) in [6.45, 7) is 3.68. The maximum Gasteiger partial charge on any atom is 0.0701 e. The lowest BCUT2D eigenvalue weighted by molar-refractivity contribution is 0.0301. The van der Waals surface area contributed by atoms with Crippen LogP contribution in [-0.2, 0) is 9.47 Å². The Kier molecular flexibility index (Phi) is 7.83. The van der Waals surface area contributed by atoms with Gasteiger partial charge in [0, 0.05) is 12.6 Å². The van der Waals surface area contributed by atoms with E-state index in [-0.39, 0.29) is 6.61 Å². The second kappa shape index (κ2) is 9.09. The van der Waals surface area contributed by atoms with Gasteiger partial charge in [-0.05, 0) is 25.8 Å². The van der Waals surface area contributed by atoms with E-state index in [4.69, 9.17) is 14.6 Å². The van der Waals surface area contributed by atoms with E-state index in [2.05, 4.69) is 5.32 Å². The SMILES string of the molecule is OCCOCCOCCC1CCCCN1. The average Bonchev–Trinajstić information content (AvgIpc) is 2.29. The lowest BCUT2D eigenvalue weighted by Crippen LogP contribution is -2.34. The smallest absolute Gasteiger partial charge is 0.0701 e. The molecule has 1 aliphatic heterocycles. The minimum absolute atomic E-state index is 0.0893. The van der Waals surface area contributed by atoms with Crippen molar-refractivity contribution in [3.05, 3.63) is 0 Å². The van der Waals surface area contributed by atoms with E-state index in [0.29, 0.717) is 25.9 Å². The number of hydrogen-bond acceptors (Lipinski definition) is 4. The summed E-state index contributed by atoms with van der Waals surface area (Å²) in [5.41, 5.74) is 0.